The van der Waals surface area contributed by atoms with Crippen molar-refractivity contribution in [1.82, 2.24) is 0 Å². The molecule has 2 heterocycles. The second kappa shape index (κ2) is 7.17. The van der Waals surface area contributed by atoms with Crippen molar-refractivity contribution in [3.05, 3.63) is 12.3 Å². The summed E-state index contributed by atoms with van der Waals surface area (Å²) in [6.45, 7) is -1.77. The smallest absolute Gasteiger partial charge is 0.210 e. The zero-order valence-corrected chi connectivity index (χ0v) is 14.0. The Morgan fingerprint density at radius 3 is 2.15 bits per heavy atom. The summed E-state index contributed by atoms with van der Waals surface area (Å²) in [5.74, 6) is -1.61. The molecule has 156 valence electrons. The molecule has 0 amide bonds. The van der Waals surface area contributed by atoms with Crippen LogP contribution in [0.1, 0.15) is 0 Å². The highest BCUT2D eigenvalue weighted by Gasteiger charge is 2.70. The normalized spacial score (nSPS) is 55.2. The fourth-order valence-electron chi connectivity index (χ4n) is 3.87. The molecule has 1 aliphatic carbocycles. The summed E-state index contributed by atoms with van der Waals surface area (Å²) in [5, 5.41) is 90.0. The highest BCUT2D eigenvalue weighted by atomic mass is 16.8. The van der Waals surface area contributed by atoms with Gasteiger partial charge in [0.2, 0.25) is 6.29 Å². The van der Waals surface area contributed by atoms with E-state index in [4.69, 9.17) is 14.2 Å². The number of ether oxygens (including phenoxy) is 3. The zero-order valence-electron chi connectivity index (χ0n) is 14.0. The molecule has 12 nitrogen and oxygen atoms in total. The van der Waals surface area contributed by atoms with E-state index in [1.165, 1.54) is 0 Å². The van der Waals surface area contributed by atoms with Gasteiger partial charge < -0.3 is 60.2 Å². The first-order valence-electron chi connectivity index (χ1n) is 8.32. The number of hydrogen-bond acceptors (Lipinski definition) is 12. The summed E-state index contributed by atoms with van der Waals surface area (Å²) in [6, 6.07) is 0. The van der Waals surface area contributed by atoms with E-state index in [1.54, 1.807) is 0 Å². The minimum absolute atomic E-state index is 0.707. The van der Waals surface area contributed by atoms with Gasteiger partial charge >= 0.3 is 0 Å². The molecule has 0 unspecified atom stereocenters. The maximum Gasteiger partial charge on any atom is 0.210 e. The van der Waals surface area contributed by atoms with E-state index in [2.05, 4.69) is 0 Å². The van der Waals surface area contributed by atoms with E-state index in [0.717, 1.165) is 12.3 Å². The molecule has 0 bridgehead atoms. The molecule has 1 saturated carbocycles. The third kappa shape index (κ3) is 2.97. The van der Waals surface area contributed by atoms with Crippen LogP contribution in [-0.2, 0) is 14.2 Å². The highest BCUT2D eigenvalue weighted by molar-refractivity contribution is 5.25. The maximum absolute atomic E-state index is 10.7. The van der Waals surface area contributed by atoms with Gasteiger partial charge in [-0.2, -0.15) is 0 Å². The molecular formula is C15H24O12. The number of fused-ring (bicyclic) bond motifs is 1. The Kier molecular flexibility index (Phi) is 5.53. The Morgan fingerprint density at radius 1 is 0.889 bits per heavy atom. The van der Waals surface area contributed by atoms with Gasteiger partial charge in [-0.3, -0.25) is 0 Å². The maximum atomic E-state index is 10.7. The van der Waals surface area contributed by atoms with Crippen LogP contribution in [0.3, 0.4) is 0 Å². The van der Waals surface area contributed by atoms with Gasteiger partial charge in [0.1, 0.15) is 47.8 Å². The van der Waals surface area contributed by atoms with Crippen LogP contribution < -0.4 is 0 Å². The van der Waals surface area contributed by atoms with Gasteiger partial charge in [-0.05, 0) is 6.08 Å². The van der Waals surface area contributed by atoms with Crippen molar-refractivity contribution >= 4 is 0 Å². The van der Waals surface area contributed by atoms with Crippen LogP contribution in [0.5, 0.6) is 0 Å². The van der Waals surface area contributed by atoms with Gasteiger partial charge in [0, 0.05) is 0 Å². The largest absolute Gasteiger partial charge is 0.472 e. The minimum atomic E-state index is -2.43. The standard InChI is InChI=1S/C15H24O12/c16-3-5-6(18)7(19)8(20)12(26-5)27-13-9-14(23,1-2-25-13)10(21)11(22)15(9,24)4-17/h1-2,5-13,16-24H,3-4H2/t5-,6-,7+,8-,9+,10-,11-,12+,13+,14+,15-/m1/s1. The third-order valence-electron chi connectivity index (χ3n) is 5.51. The topological polar surface area (TPSA) is 210 Å². The van der Waals surface area contributed by atoms with Crippen LogP contribution >= 0.6 is 0 Å². The van der Waals surface area contributed by atoms with Crippen LogP contribution in [0.2, 0.25) is 0 Å². The second-order valence-corrected chi connectivity index (χ2v) is 7.04. The predicted octanol–water partition coefficient (Wildman–Crippen LogP) is -5.52. The Labute approximate surface area is 153 Å². The number of hydrogen-bond donors (Lipinski definition) is 9. The molecule has 12 heteroatoms. The van der Waals surface area contributed by atoms with Crippen LogP contribution in [-0.4, -0.2) is 120 Å². The molecule has 11 atom stereocenters. The lowest BCUT2D eigenvalue weighted by molar-refractivity contribution is -0.353. The van der Waals surface area contributed by atoms with E-state index in [0.29, 0.717) is 0 Å². The Morgan fingerprint density at radius 2 is 1.56 bits per heavy atom. The first-order valence-corrected chi connectivity index (χ1v) is 8.32. The zero-order chi connectivity index (χ0) is 20.1. The van der Waals surface area contributed by atoms with Crippen molar-refractivity contribution in [2.75, 3.05) is 13.2 Å². The number of aliphatic hydroxyl groups excluding tert-OH is 7. The lowest BCUT2D eigenvalue weighted by Gasteiger charge is -2.45. The van der Waals surface area contributed by atoms with E-state index in [9.17, 15) is 46.0 Å². The first-order chi connectivity index (χ1) is 12.6. The van der Waals surface area contributed by atoms with Crippen molar-refractivity contribution in [2.24, 2.45) is 5.92 Å². The van der Waals surface area contributed by atoms with E-state index < -0.39 is 79.5 Å². The fraction of sp³-hybridized carbons (Fsp3) is 0.867. The molecule has 2 fully saturated rings. The van der Waals surface area contributed by atoms with Crippen molar-refractivity contribution in [2.45, 2.75) is 60.4 Å². The van der Waals surface area contributed by atoms with Gasteiger partial charge in [0.25, 0.3) is 0 Å². The summed E-state index contributed by atoms with van der Waals surface area (Å²) in [4.78, 5) is 0. The molecule has 27 heavy (non-hydrogen) atoms. The van der Waals surface area contributed by atoms with Gasteiger partial charge in [-0.15, -0.1) is 0 Å². The summed E-state index contributed by atoms with van der Waals surface area (Å²) >= 11 is 0. The Balaban J connectivity index is 1.88. The van der Waals surface area contributed by atoms with Gasteiger partial charge in [-0.1, -0.05) is 0 Å². The van der Waals surface area contributed by atoms with Crippen LogP contribution in [0.15, 0.2) is 12.3 Å². The second-order valence-electron chi connectivity index (χ2n) is 7.04. The molecule has 3 aliphatic rings. The van der Waals surface area contributed by atoms with E-state index >= 15 is 0 Å². The van der Waals surface area contributed by atoms with Crippen molar-refractivity contribution in [3.8, 4) is 0 Å². The lowest BCUT2D eigenvalue weighted by atomic mass is 9.80. The first kappa shape index (κ1) is 20.8. The molecule has 0 aromatic rings. The monoisotopic (exact) mass is 396 g/mol. The molecule has 0 aromatic carbocycles. The van der Waals surface area contributed by atoms with Crippen LogP contribution in [0, 0.1) is 5.92 Å². The molecule has 1 saturated heterocycles. The van der Waals surface area contributed by atoms with Crippen molar-refractivity contribution in [3.63, 3.8) is 0 Å². The summed E-state index contributed by atoms with van der Waals surface area (Å²) in [5.41, 5.74) is -4.67. The van der Waals surface area contributed by atoms with Gasteiger partial charge in [0.15, 0.2) is 6.29 Å². The molecule has 9 N–H and O–H groups in total. The lowest BCUT2D eigenvalue weighted by Crippen LogP contribution is -2.62. The van der Waals surface area contributed by atoms with Crippen molar-refractivity contribution in [1.29, 1.82) is 0 Å². The van der Waals surface area contributed by atoms with Gasteiger partial charge in [0.05, 0.1) is 25.4 Å². The summed E-state index contributed by atoms with van der Waals surface area (Å²) in [6.07, 6.45) is -11.7. The summed E-state index contributed by atoms with van der Waals surface area (Å²) < 4.78 is 15.7. The van der Waals surface area contributed by atoms with Crippen molar-refractivity contribution < 1.29 is 60.2 Å². The molecule has 0 radical (unpaired) electrons. The van der Waals surface area contributed by atoms with Crippen LogP contribution in [0.4, 0.5) is 0 Å². The van der Waals surface area contributed by atoms with Gasteiger partial charge in [-0.25, -0.2) is 0 Å². The highest BCUT2D eigenvalue weighted by Crippen LogP contribution is 2.49. The average molecular weight is 396 g/mol. The van der Waals surface area contributed by atoms with E-state index in [1.807, 2.05) is 0 Å². The summed E-state index contributed by atoms with van der Waals surface area (Å²) in [7, 11) is 0. The predicted molar refractivity (Wildman–Crippen MR) is 81.4 cm³/mol. The quantitative estimate of drug-likeness (QED) is 0.218. The number of rotatable bonds is 4. The molecule has 2 aliphatic heterocycles. The molecular weight excluding hydrogens is 372 g/mol. The average Bonchev–Trinajstić information content (AvgIpc) is 2.81. The molecule has 0 aromatic heterocycles. The molecule has 3 rings (SSSR count). The Bertz CT molecular complexity index is 571. The molecule has 0 spiro atoms. The minimum Gasteiger partial charge on any atom is -0.472 e. The Hall–Kier alpha value is -0.900. The number of aliphatic hydroxyl groups is 9. The fourth-order valence-corrected chi connectivity index (χ4v) is 3.87. The SMILES string of the molecule is OC[C@H]1O[C@@H](O[C@@H]2OC=C[C@@]3(O)[C@H](O)[C@@H](O)[C@@](O)(CO)[C@@H]23)[C@H](O)[C@@H](O)[C@@H]1O. The van der Waals surface area contributed by atoms with Crippen LogP contribution in [0.25, 0.3) is 0 Å². The third-order valence-corrected chi connectivity index (χ3v) is 5.51. The van der Waals surface area contributed by atoms with E-state index in [-0.39, 0.29) is 0 Å².